The number of anilines is 1. The Balaban J connectivity index is 2.33. The number of amides is 2. The fraction of sp³-hybridized carbons (Fsp3) is 0.500. The lowest BCUT2D eigenvalue weighted by atomic mass is 10.1. The van der Waals surface area contributed by atoms with Crippen LogP contribution in [0.25, 0.3) is 0 Å². The maximum absolute atomic E-state index is 12.7. The third-order valence-corrected chi connectivity index (χ3v) is 4.43. The average molecular weight is 306 g/mol. The van der Waals surface area contributed by atoms with Crippen molar-refractivity contribution in [2.75, 3.05) is 23.0 Å². The molecule has 0 saturated carbocycles. The number of thioether (sulfide) groups is 1. The van der Waals surface area contributed by atoms with E-state index in [0.717, 1.165) is 23.6 Å². The topological polar surface area (TPSA) is 49.4 Å². The van der Waals surface area contributed by atoms with Gasteiger partial charge in [-0.3, -0.25) is 9.59 Å². The third kappa shape index (κ3) is 3.59. The summed E-state index contributed by atoms with van der Waals surface area (Å²) in [5.74, 6) is 1.76. The SMILES string of the molecule is CCCC1NC(=O)c2ccccc2N(CCSCC)C1=O. The van der Waals surface area contributed by atoms with Crippen molar-refractivity contribution in [1.29, 1.82) is 0 Å². The fourth-order valence-electron chi connectivity index (χ4n) is 2.52. The molecule has 1 aliphatic rings. The minimum Gasteiger partial charge on any atom is -0.340 e. The monoisotopic (exact) mass is 306 g/mol. The Morgan fingerprint density at radius 1 is 1.24 bits per heavy atom. The summed E-state index contributed by atoms with van der Waals surface area (Å²) in [6.45, 7) is 4.77. The van der Waals surface area contributed by atoms with E-state index in [0.29, 0.717) is 18.5 Å². The number of nitrogens with zero attached hydrogens (tertiary/aromatic N) is 1. The zero-order valence-electron chi connectivity index (χ0n) is 12.6. The first kappa shape index (κ1) is 15.9. The van der Waals surface area contributed by atoms with Crippen LogP contribution in [0.2, 0.25) is 0 Å². The quantitative estimate of drug-likeness (QED) is 0.822. The van der Waals surface area contributed by atoms with Crippen LogP contribution in [0.15, 0.2) is 24.3 Å². The molecule has 0 aromatic heterocycles. The molecule has 21 heavy (non-hydrogen) atoms. The number of benzene rings is 1. The number of carbonyl (C=O) groups is 2. The van der Waals surface area contributed by atoms with Gasteiger partial charge in [0.15, 0.2) is 0 Å². The molecule has 1 atom stereocenters. The molecular weight excluding hydrogens is 284 g/mol. The number of hydrogen-bond donors (Lipinski definition) is 1. The molecule has 1 N–H and O–H groups in total. The van der Waals surface area contributed by atoms with E-state index in [1.165, 1.54) is 0 Å². The second kappa shape index (κ2) is 7.50. The van der Waals surface area contributed by atoms with Gasteiger partial charge in [0, 0.05) is 12.3 Å². The number of rotatable bonds is 6. The molecule has 1 aromatic carbocycles. The normalized spacial score (nSPS) is 18.2. The molecule has 0 fully saturated rings. The minimum absolute atomic E-state index is 0.00635. The molecule has 0 spiro atoms. The number of fused-ring (bicyclic) bond motifs is 1. The lowest BCUT2D eigenvalue weighted by Crippen LogP contribution is -2.46. The smallest absolute Gasteiger partial charge is 0.254 e. The van der Waals surface area contributed by atoms with E-state index in [-0.39, 0.29) is 11.8 Å². The van der Waals surface area contributed by atoms with Crippen molar-refractivity contribution < 1.29 is 9.59 Å². The molecule has 0 aliphatic carbocycles. The summed E-state index contributed by atoms with van der Waals surface area (Å²) in [6, 6.07) is 6.94. The first-order chi connectivity index (χ1) is 10.2. The van der Waals surface area contributed by atoms with Gasteiger partial charge < -0.3 is 10.2 Å². The molecule has 2 rings (SSSR count). The van der Waals surface area contributed by atoms with E-state index < -0.39 is 6.04 Å². The Hall–Kier alpha value is -1.49. The van der Waals surface area contributed by atoms with E-state index in [9.17, 15) is 9.59 Å². The van der Waals surface area contributed by atoms with Gasteiger partial charge in [0.25, 0.3) is 5.91 Å². The molecule has 4 nitrogen and oxygen atoms in total. The lowest BCUT2D eigenvalue weighted by Gasteiger charge is -2.25. The van der Waals surface area contributed by atoms with Crippen LogP contribution in [-0.4, -0.2) is 35.9 Å². The summed E-state index contributed by atoms with van der Waals surface area (Å²) >= 11 is 1.80. The molecule has 5 heteroatoms. The Kier molecular flexibility index (Phi) is 5.67. The number of carbonyl (C=O) groups excluding carboxylic acids is 2. The van der Waals surface area contributed by atoms with Crippen molar-refractivity contribution in [2.45, 2.75) is 32.7 Å². The van der Waals surface area contributed by atoms with Gasteiger partial charge >= 0.3 is 0 Å². The van der Waals surface area contributed by atoms with Crippen LogP contribution in [0.5, 0.6) is 0 Å². The minimum atomic E-state index is -0.415. The van der Waals surface area contributed by atoms with E-state index in [2.05, 4.69) is 12.2 Å². The first-order valence-electron chi connectivity index (χ1n) is 7.48. The van der Waals surface area contributed by atoms with Gasteiger partial charge in [0.05, 0.1) is 11.3 Å². The molecule has 1 aliphatic heterocycles. The van der Waals surface area contributed by atoms with Crippen molar-refractivity contribution in [2.24, 2.45) is 0 Å². The highest BCUT2D eigenvalue weighted by Crippen LogP contribution is 2.25. The van der Waals surface area contributed by atoms with E-state index in [1.807, 2.05) is 25.1 Å². The van der Waals surface area contributed by atoms with Crippen LogP contribution in [0.1, 0.15) is 37.0 Å². The molecule has 114 valence electrons. The maximum Gasteiger partial charge on any atom is 0.254 e. The molecule has 1 unspecified atom stereocenters. The summed E-state index contributed by atoms with van der Waals surface area (Å²) in [7, 11) is 0. The van der Waals surface area contributed by atoms with Crippen molar-refractivity contribution in [3.63, 3.8) is 0 Å². The first-order valence-corrected chi connectivity index (χ1v) is 8.63. The van der Waals surface area contributed by atoms with Gasteiger partial charge in [0.2, 0.25) is 5.91 Å². The Labute approximate surface area is 130 Å². The number of hydrogen-bond acceptors (Lipinski definition) is 3. The number of para-hydroxylation sites is 1. The molecule has 1 heterocycles. The molecule has 0 bridgehead atoms. The van der Waals surface area contributed by atoms with Gasteiger partial charge in [0.1, 0.15) is 6.04 Å². The lowest BCUT2D eigenvalue weighted by molar-refractivity contribution is -0.120. The second-order valence-corrected chi connectivity index (χ2v) is 6.41. The summed E-state index contributed by atoms with van der Waals surface area (Å²) in [6.07, 6.45) is 1.54. The zero-order valence-corrected chi connectivity index (χ0v) is 13.4. The zero-order chi connectivity index (χ0) is 15.2. The van der Waals surface area contributed by atoms with Crippen molar-refractivity contribution in [3.8, 4) is 0 Å². The van der Waals surface area contributed by atoms with Gasteiger partial charge in [-0.2, -0.15) is 11.8 Å². The summed E-state index contributed by atoms with van der Waals surface area (Å²) in [5.41, 5.74) is 1.32. The molecule has 1 aromatic rings. The van der Waals surface area contributed by atoms with E-state index >= 15 is 0 Å². The third-order valence-electron chi connectivity index (χ3n) is 3.55. The van der Waals surface area contributed by atoms with Gasteiger partial charge in [-0.15, -0.1) is 0 Å². The Morgan fingerprint density at radius 3 is 2.71 bits per heavy atom. The highest BCUT2D eigenvalue weighted by Gasteiger charge is 2.32. The van der Waals surface area contributed by atoms with E-state index in [4.69, 9.17) is 0 Å². The van der Waals surface area contributed by atoms with Crippen molar-refractivity contribution >= 4 is 29.3 Å². The fourth-order valence-corrected chi connectivity index (χ4v) is 3.12. The summed E-state index contributed by atoms with van der Waals surface area (Å²) in [5, 5.41) is 2.87. The summed E-state index contributed by atoms with van der Waals surface area (Å²) < 4.78 is 0. The molecule has 0 radical (unpaired) electrons. The predicted molar refractivity (Wildman–Crippen MR) is 88.0 cm³/mol. The Morgan fingerprint density at radius 2 is 2.00 bits per heavy atom. The summed E-state index contributed by atoms with van der Waals surface area (Å²) in [4.78, 5) is 26.8. The standard InChI is InChI=1S/C16H22N2O2S/c1-3-7-13-16(20)18(10-11-21-4-2)14-9-6-5-8-12(14)15(19)17-13/h5-6,8-9,13H,3-4,7,10-11H2,1-2H3,(H,17,19). The van der Waals surface area contributed by atoms with Crippen LogP contribution in [-0.2, 0) is 4.79 Å². The van der Waals surface area contributed by atoms with Crippen LogP contribution in [0.4, 0.5) is 5.69 Å². The molecule has 2 amide bonds. The van der Waals surface area contributed by atoms with Crippen LogP contribution < -0.4 is 10.2 Å². The van der Waals surface area contributed by atoms with Crippen molar-refractivity contribution in [1.82, 2.24) is 5.32 Å². The number of nitrogens with one attached hydrogen (secondary N) is 1. The van der Waals surface area contributed by atoms with E-state index in [1.54, 1.807) is 22.7 Å². The van der Waals surface area contributed by atoms with Crippen molar-refractivity contribution in [3.05, 3.63) is 29.8 Å². The maximum atomic E-state index is 12.7. The molecular formula is C16H22N2O2S. The second-order valence-electron chi connectivity index (χ2n) is 5.02. The van der Waals surface area contributed by atoms with Gasteiger partial charge in [-0.1, -0.05) is 32.4 Å². The van der Waals surface area contributed by atoms with Crippen LogP contribution >= 0.6 is 11.8 Å². The largest absolute Gasteiger partial charge is 0.340 e. The highest BCUT2D eigenvalue weighted by molar-refractivity contribution is 7.99. The highest BCUT2D eigenvalue weighted by atomic mass is 32.2. The van der Waals surface area contributed by atoms with Gasteiger partial charge in [-0.05, 0) is 24.3 Å². The van der Waals surface area contributed by atoms with Gasteiger partial charge in [-0.25, -0.2) is 0 Å². The Bertz CT molecular complexity index is 519. The average Bonchev–Trinajstić information content (AvgIpc) is 2.59. The predicted octanol–water partition coefficient (Wildman–Crippen LogP) is 2.68. The van der Waals surface area contributed by atoms with Crippen LogP contribution in [0.3, 0.4) is 0 Å². The molecule has 0 saturated heterocycles. The van der Waals surface area contributed by atoms with Crippen LogP contribution in [0, 0.1) is 0 Å².